The van der Waals surface area contributed by atoms with Crippen LogP contribution in [-0.4, -0.2) is 41.7 Å². The summed E-state index contributed by atoms with van der Waals surface area (Å²) in [6.07, 6.45) is 4.32. The highest BCUT2D eigenvalue weighted by molar-refractivity contribution is 7.99. The van der Waals surface area contributed by atoms with Gasteiger partial charge in [0.25, 0.3) is 0 Å². The summed E-state index contributed by atoms with van der Waals surface area (Å²) in [6.45, 7) is 6.75. The predicted octanol–water partition coefficient (Wildman–Crippen LogP) is 2.78. The fraction of sp³-hybridized carbons (Fsp3) is 0.667. The molecule has 19 heavy (non-hydrogen) atoms. The van der Waals surface area contributed by atoms with Crippen molar-refractivity contribution in [3.8, 4) is 0 Å². The number of nitrogens with one attached hydrogen (secondary N) is 1. The van der Waals surface area contributed by atoms with E-state index in [2.05, 4.69) is 41.2 Å². The van der Waals surface area contributed by atoms with E-state index in [1.54, 1.807) is 0 Å². The van der Waals surface area contributed by atoms with Crippen LogP contribution in [0.15, 0.2) is 24.4 Å². The van der Waals surface area contributed by atoms with Gasteiger partial charge in [-0.25, -0.2) is 4.98 Å². The van der Waals surface area contributed by atoms with Crippen LogP contribution in [0.4, 0.5) is 5.82 Å². The number of piperidine rings is 1. The van der Waals surface area contributed by atoms with Crippen LogP contribution in [-0.2, 0) is 0 Å². The number of anilines is 1. The third-order valence-corrected chi connectivity index (χ3v) is 4.70. The molecule has 1 saturated heterocycles. The average Bonchev–Trinajstić information content (AvgIpc) is 2.47. The molecule has 1 fully saturated rings. The van der Waals surface area contributed by atoms with Gasteiger partial charge in [0.15, 0.2) is 0 Å². The number of aromatic nitrogens is 1. The van der Waals surface area contributed by atoms with E-state index >= 15 is 0 Å². The van der Waals surface area contributed by atoms with Crippen molar-refractivity contribution in [3.05, 3.63) is 24.4 Å². The first-order chi connectivity index (χ1) is 9.29. The molecule has 106 valence electrons. The van der Waals surface area contributed by atoms with Crippen LogP contribution >= 0.6 is 11.8 Å². The molecule has 0 amide bonds. The van der Waals surface area contributed by atoms with Gasteiger partial charge in [-0.3, -0.25) is 0 Å². The summed E-state index contributed by atoms with van der Waals surface area (Å²) in [4.78, 5) is 6.82. The summed E-state index contributed by atoms with van der Waals surface area (Å²) in [6, 6.07) is 7.44. The molecule has 1 unspecified atom stereocenters. The SMILES string of the molecule is CCSCC(C)NC1CCN(c2ccccn2)CC1. The number of hydrogen-bond acceptors (Lipinski definition) is 4. The lowest BCUT2D eigenvalue weighted by Crippen LogP contribution is -2.46. The Morgan fingerprint density at radius 2 is 2.21 bits per heavy atom. The van der Waals surface area contributed by atoms with Crippen molar-refractivity contribution in [2.45, 2.75) is 38.8 Å². The molecule has 4 heteroatoms. The second-order valence-electron chi connectivity index (χ2n) is 5.18. The molecule has 1 aliphatic heterocycles. The Labute approximate surface area is 121 Å². The number of thioether (sulfide) groups is 1. The van der Waals surface area contributed by atoms with Crippen LogP contribution in [0.1, 0.15) is 26.7 Å². The van der Waals surface area contributed by atoms with Crippen LogP contribution in [0.5, 0.6) is 0 Å². The molecule has 0 radical (unpaired) electrons. The summed E-state index contributed by atoms with van der Waals surface area (Å²) in [5.41, 5.74) is 0. The molecular formula is C15H25N3S. The first-order valence-corrected chi connectivity index (χ1v) is 8.45. The lowest BCUT2D eigenvalue weighted by atomic mass is 10.0. The zero-order valence-electron chi connectivity index (χ0n) is 12.0. The molecule has 0 saturated carbocycles. The van der Waals surface area contributed by atoms with E-state index in [0.717, 1.165) is 18.9 Å². The Bertz CT molecular complexity index is 350. The summed E-state index contributed by atoms with van der Waals surface area (Å²) in [7, 11) is 0. The molecule has 0 aromatic carbocycles. The van der Waals surface area contributed by atoms with Gasteiger partial charge >= 0.3 is 0 Å². The van der Waals surface area contributed by atoms with E-state index in [4.69, 9.17) is 0 Å². The standard InChI is InChI=1S/C15H25N3S/c1-3-19-12-13(2)17-14-7-10-18(11-8-14)15-6-4-5-9-16-15/h4-6,9,13-14,17H,3,7-8,10-12H2,1-2H3. The van der Waals surface area contributed by atoms with Crippen LogP contribution in [0.25, 0.3) is 0 Å². The van der Waals surface area contributed by atoms with Gasteiger partial charge in [0, 0.05) is 37.1 Å². The van der Waals surface area contributed by atoms with E-state index in [1.807, 2.05) is 24.0 Å². The Morgan fingerprint density at radius 1 is 1.42 bits per heavy atom. The topological polar surface area (TPSA) is 28.2 Å². The van der Waals surface area contributed by atoms with E-state index in [-0.39, 0.29) is 0 Å². The molecule has 3 nitrogen and oxygen atoms in total. The van der Waals surface area contributed by atoms with Gasteiger partial charge in [0.1, 0.15) is 5.82 Å². The van der Waals surface area contributed by atoms with Gasteiger partial charge in [-0.05, 0) is 37.7 Å². The molecule has 0 spiro atoms. The van der Waals surface area contributed by atoms with E-state index in [1.165, 1.54) is 24.3 Å². The second-order valence-corrected chi connectivity index (χ2v) is 6.50. The fourth-order valence-corrected chi connectivity index (χ4v) is 3.25. The van der Waals surface area contributed by atoms with Crippen LogP contribution in [0.2, 0.25) is 0 Å². The molecule has 1 aromatic rings. The van der Waals surface area contributed by atoms with Crippen molar-refractivity contribution in [2.24, 2.45) is 0 Å². The normalized spacial score (nSPS) is 18.5. The number of rotatable bonds is 6. The number of hydrogen-bond donors (Lipinski definition) is 1. The monoisotopic (exact) mass is 279 g/mol. The minimum atomic E-state index is 0.622. The third kappa shape index (κ3) is 4.69. The molecule has 1 aliphatic rings. The van der Waals surface area contributed by atoms with Crippen molar-refractivity contribution in [2.75, 3.05) is 29.5 Å². The Balaban J connectivity index is 1.73. The Kier molecular flexibility index (Phi) is 5.98. The molecule has 2 heterocycles. The number of pyridine rings is 1. The zero-order chi connectivity index (χ0) is 13.5. The van der Waals surface area contributed by atoms with Crippen molar-refractivity contribution in [1.82, 2.24) is 10.3 Å². The van der Waals surface area contributed by atoms with Crippen LogP contribution < -0.4 is 10.2 Å². The minimum Gasteiger partial charge on any atom is -0.357 e. The average molecular weight is 279 g/mol. The highest BCUT2D eigenvalue weighted by atomic mass is 32.2. The predicted molar refractivity (Wildman–Crippen MR) is 85.1 cm³/mol. The molecule has 1 aromatic heterocycles. The number of nitrogens with zero attached hydrogens (tertiary/aromatic N) is 2. The second kappa shape index (κ2) is 7.75. The van der Waals surface area contributed by atoms with Gasteiger partial charge in [0.05, 0.1) is 0 Å². The Morgan fingerprint density at radius 3 is 2.84 bits per heavy atom. The molecular weight excluding hydrogens is 254 g/mol. The maximum absolute atomic E-state index is 4.43. The molecule has 1 atom stereocenters. The van der Waals surface area contributed by atoms with Crippen molar-refractivity contribution in [1.29, 1.82) is 0 Å². The van der Waals surface area contributed by atoms with E-state index < -0.39 is 0 Å². The molecule has 1 N–H and O–H groups in total. The van der Waals surface area contributed by atoms with Crippen molar-refractivity contribution < 1.29 is 0 Å². The largest absolute Gasteiger partial charge is 0.357 e. The zero-order valence-corrected chi connectivity index (χ0v) is 12.8. The lowest BCUT2D eigenvalue weighted by Gasteiger charge is -2.34. The molecule has 2 rings (SSSR count). The maximum Gasteiger partial charge on any atom is 0.128 e. The quantitative estimate of drug-likeness (QED) is 0.867. The van der Waals surface area contributed by atoms with Gasteiger partial charge in [-0.15, -0.1) is 0 Å². The maximum atomic E-state index is 4.43. The third-order valence-electron chi connectivity index (χ3n) is 3.56. The minimum absolute atomic E-state index is 0.622. The van der Waals surface area contributed by atoms with Crippen LogP contribution in [0, 0.1) is 0 Å². The smallest absolute Gasteiger partial charge is 0.128 e. The van der Waals surface area contributed by atoms with E-state index in [0.29, 0.717) is 12.1 Å². The van der Waals surface area contributed by atoms with E-state index in [9.17, 15) is 0 Å². The summed E-state index contributed by atoms with van der Waals surface area (Å²) in [5.74, 6) is 3.55. The highest BCUT2D eigenvalue weighted by Crippen LogP contribution is 2.17. The van der Waals surface area contributed by atoms with Crippen molar-refractivity contribution >= 4 is 17.6 Å². The van der Waals surface area contributed by atoms with Gasteiger partial charge in [-0.1, -0.05) is 13.0 Å². The van der Waals surface area contributed by atoms with Gasteiger partial charge in [-0.2, -0.15) is 11.8 Å². The first kappa shape index (κ1) is 14.7. The van der Waals surface area contributed by atoms with Crippen molar-refractivity contribution in [3.63, 3.8) is 0 Å². The molecule has 0 bridgehead atoms. The van der Waals surface area contributed by atoms with Gasteiger partial charge in [0.2, 0.25) is 0 Å². The summed E-state index contributed by atoms with van der Waals surface area (Å²) >= 11 is 2.02. The summed E-state index contributed by atoms with van der Waals surface area (Å²) < 4.78 is 0. The summed E-state index contributed by atoms with van der Waals surface area (Å²) in [5, 5.41) is 3.76. The fourth-order valence-electron chi connectivity index (χ4n) is 2.56. The van der Waals surface area contributed by atoms with Crippen LogP contribution in [0.3, 0.4) is 0 Å². The molecule has 0 aliphatic carbocycles. The van der Waals surface area contributed by atoms with Gasteiger partial charge < -0.3 is 10.2 Å². The first-order valence-electron chi connectivity index (χ1n) is 7.29. The highest BCUT2D eigenvalue weighted by Gasteiger charge is 2.20. The Hall–Kier alpha value is -0.740. The lowest BCUT2D eigenvalue weighted by molar-refractivity contribution is 0.388.